The number of carbonyl (C=O) groups is 1. The molecule has 0 aromatic carbocycles. The molecule has 0 radical (unpaired) electrons. The fourth-order valence-corrected chi connectivity index (χ4v) is 0.979. The molecule has 0 N–H and O–H groups in total. The summed E-state index contributed by atoms with van der Waals surface area (Å²) in [6.45, 7) is 0. The first-order valence-corrected chi connectivity index (χ1v) is 3.01. The van der Waals surface area contributed by atoms with Crippen LogP contribution in [0.25, 0.3) is 0 Å². The van der Waals surface area contributed by atoms with Gasteiger partial charge in [-0.25, -0.2) is 0 Å². The highest BCUT2D eigenvalue weighted by Gasteiger charge is 2.21. The van der Waals surface area contributed by atoms with Crippen molar-refractivity contribution < 1.29 is 9.53 Å². The Bertz CT molecular complexity index is 94.4. The molecule has 0 aliphatic carbocycles. The molecule has 0 aromatic heterocycles. The number of hydrogen-bond donors (Lipinski definition) is 0. The van der Waals surface area contributed by atoms with Gasteiger partial charge in [0.1, 0.15) is 18.0 Å². The zero-order valence-electron chi connectivity index (χ0n) is 4.34. The van der Waals surface area contributed by atoms with Gasteiger partial charge in [-0.2, -0.15) is 0 Å². The minimum atomic E-state index is -0.238. The Kier molecular flexibility index (Phi) is 1.86. The Morgan fingerprint density at radius 1 is 1.62 bits per heavy atom. The molecule has 1 heterocycles. The van der Waals surface area contributed by atoms with E-state index >= 15 is 0 Å². The predicted molar refractivity (Wildman–Crippen MR) is 29.8 cm³/mol. The van der Waals surface area contributed by atoms with E-state index in [0.717, 1.165) is 19.1 Å². The minimum Gasteiger partial charge on any atom is -0.352 e. The van der Waals surface area contributed by atoms with Crippen molar-refractivity contribution in [1.29, 1.82) is 0 Å². The average Bonchev–Trinajstić information content (AvgIpc) is 2.14. The SMILES string of the molecule is O=CC1CCC(Cl)O1. The highest BCUT2D eigenvalue weighted by atomic mass is 35.5. The van der Waals surface area contributed by atoms with Crippen LogP contribution in [0.2, 0.25) is 0 Å². The molecule has 1 aliphatic rings. The molecule has 46 valence electrons. The van der Waals surface area contributed by atoms with Crippen molar-refractivity contribution in [2.75, 3.05) is 0 Å². The van der Waals surface area contributed by atoms with Crippen LogP contribution in [0.4, 0.5) is 0 Å². The van der Waals surface area contributed by atoms with E-state index in [1.807, 2.05) is 0 Å². The summed E-state index contributed by atoms with van der Waals surface area (Å²) in [5, 5.41) is 0. The number of carbonyl (C=O) groups excluding carboxylic acids is 1. The topological polar surface area (TPSA) is 26.3 Å². The molecular weight excluding hydrogens is 128 g/mol. The lowest BCUT2D eigenvalue weighted by molar-refractivity contribution is -0.116. The number of ether oxygens (including phenoxy) is 1. The Morgan fingerprint density at radius 3 is 2.62 bits per heavy atom. The van der Waals surface area contributed by atoms with Gasteiger partial charge in [-0.1, -0.05) is 11.6 Å². The van der Waals surface area contributed by atoms with Crippen molar-refractivity contribution in [3.8, 4) is 0 Å². The third kappa shape index (κ3) is 1.20. The summed E-state index contributed by atoms with van der Waals surface area (Å²) in [5.74, 6) is 0. The molecule has 0 amide bonds. The number of rotatable bonds is 1. The number of halogens is 1. The van der Waals surface area contributed by atoms with Crippen LogP contribution in [-0.2, 0) is 9.53 Å². The second-order valence-corrected chi connectivity index (χ2v) is 2.28. The molecule has 3 heteroatoms. The van der Waals surface area contributed by atoms with E-state index < -0.39 is 0 Å². The van der Waals surface area contributed by atoms with E-state index in [-0.39, 0.29) is 11.7 Å². The lowest BCUT2D eigenvalue weighted by Gasteiger charge is -1.98. The van der Waals surface area contributed by atoms with Gasteiger partial charge >= 0.3 is 0 Å². The maximum Gasteiger partial charge on any atom is 0.148 e. The van der Waals surface area contributed by atoms with Crippen LogP contribution >= 0.6 is 11.6 Å². The number of aldehydes is 1. The molecule has 2 nitrogen and oxygen atoms in total. The lowest BCUT2D eigenvalue weighted by atomic mass is 10.3. The molecule has 2 atom stereocenters. The second-order valence-electron chi connectivity index (χ2n) is 1.80. The van der Waals surface area contributed by atoms with Gasteiger partial charge in [0.2, 0.25) is 0 Å². The third-order valence-corrected chi connectivity index (χ3v) is 1.47. The third-order valence-electron chi connectivity index (χ3n) is 1.15. The van der Waals surface area contributed by atoms with Crippen molar-refractivity contribution in [3.05, 3.63) is 0 Å². The summed E-state index contributed by atoms with van der Waals surface area (Å²) < 4.78 is 4.91. The summed E-state index contributed by atoms with van der Waals surface area (Å²) in [6, 6.07) is 0. The molecular formula is C5H7ClO2. The van der Waals surface area contributed by atoms with Crippen LogP contribution in [-0.4, -0.2) is 18.0 Å². The molecule has 1 rings (SSSR count). The van der Waals surface area contributed by atoms with Crippen molar-refractivity contribution >= 4 is 17.9 Å². The predicted octanol–water partition coefficient (Wildman–Crippen LogP) is 0.929. The van der Waals surface area contributed by atoms with Gasteiger partial charge in [-0.15, -0.1) is 0 Å². The van der Waals surface area contributed by atoms with E-state index in [9.17, 15) is 4.79 Å². The van der Waals surface area contributed by atoms with Crippen LogP contribution in [0.1, 0.15) is 12.8 Å². The van der Waals surface area contributed by atoms with E-state index in [1.54, 1.807) is 0 Å². The van der Waals surface area contributed by atoms with E-state index in [1.165, 1.54) is 0 Å². The van der Waals surface area contributed by atoms with Crippen LogP contribution in [0, 0.1) is 0 Å². The van der Waals surface area contributed by atoms with Crippen molar-refractivity contribution in [1.82, 2.24) is 0 Å². The fourth-order valence-electron chi connectivity index (χ4n) is 0.721. The smallest absolute Gasteiger partial charge is 0.148 e. The molecule has 0 aromatic rings. The summed E-state index contributed by atoms with van der Waals surface area (Å²) in [6.07, 6.45) is 2.13. The Morgan fingerprint density at radius 2 is 2.38 bits per heavy atom. The quantitative estimate of drug-likeness (QED) is 0.394. The zero-order chi connectivity index (χ0) is 5.98. The molecule has 0 saturated carbocycles. The highest BCUT2D eigenvalue weighted by Crippen LogP contribution is 2.20. The van der Waals surface area contributed by atoms with Crippen molar-refractivity contribution in [2.45, 2.75) is 24.5 Å². The minimum absolute atomic E-state index is 0.231. The molecule has 8 heavy (non-hydrogen) atoms. The number of alkyl halides is 1. The molecule has 1 saturated heterocycles. The summed E-state index contributed by atoms with van der Waals surface area (Å²) in [5.41, 5.74) is -0.231. The van der Waals surface area contributed by atoms with Gasteiger partial charge in [0, 0.05) is 0 Å². The van der Waals surface area contributed by atoms with Gasteiger partial charge in [-0.3, -0.25) is 0 Å². The van der Waals surface area contributed by atoms with Gasteiger partial charge < -0.3 is 9.53 Å². The van der Waals surface area contributed by atoms with Crippen LogP contribution in [0.15, 0.2) is 0 Å². The Labute approximate surface area is 52.8 Å². The fraction of sp³-hybridized carbons (Fsp3) is 0.800. The second kappa shape index (κ2) is 2.46. The largest absolute Gasteiger partial charge is 0.352 e. The maximum absolute atomic E-state index is 9.97. The summed E-state index contributed by atoms with van der Waals surface area (Å²) in [7, 11) is 0. The monoisotopic (exact) mass is 134 g/mol. The summed E-state index contributed by atoms with van der Waals surface area (Å²) >= 11 is 5.50. The zero-order valence-corrected chi connectivity index (χ0v) is 5.10. The van der Waals surface area contributed by atoms with Crippen LogP contribution < -0.4 is 0 Å². The average molecular weight is 135 g/mol. The number of hydrogen-bond acceptors (Lipinski definition) is 2. The first-order chi connectivity index (χ1) is 3.83. The van der Waals surface area contributed by atoms with Gasteiger partial charge in [0.25, 0.3) is 0 Å². The van der Waals surface area contributed by atoms with Crippen LogP contribution in [0.5, 0.6) is 0 Å². The lowest BCUT2D eigenvalue weighted by Crippen LogP contribution is -2.07. The molecule has 1 fully saturated rings. The van der Waals surface area contributed by atoms with E-state index in [0.29, 0.717) is 0 Å². The van der Waals surface area contributed by atoms with E-state index in [4.69, 9.17) is 16.3 Å². The van der Waals surface area contributed by atoms with Crippen molar-refractivity contribution in [2.24, 2.45) is 0 Å². The van der Waals surface area contributed by atoms with E-state index in [2.05, 4.69) is 0 Å². The standard InChI is InChI=1S/C5H7ClO2/c6-5-2-1-4(3-7)8-5/h3-5H,1-2H2. The maximum atomic E-state index is 9.97. The van der Waals surface area contributed by atoms with Gasteiger partial charge in [-0.05, 0) is 12.8 Å². The normalized spacial score (nSPS) is 37.6. The highest BCUT2D eigenvalue weighted by molar-refractivity contribution is 6.19. The molecule has 0 bridgehead atoms. The van der Waals surface area contributed by atoms with Gasteiger partial charge in [0.05, 0.1) is 0 Å². The first kappa shape index (κ1) is 6.05. The van der Waals surface area contributed by atoms with Crippen LogP contribution in [0.3, 0.4) is 0 Å². The van der Waals surface area contributed by atoms with Gasteiger partial charge in [0.15, 0.2) is 0 Å². The molecule has 0 spiro atoms. The first-order valence-electron chi connectivity index (χ1n) is 2.58. The Balaban J connectivity index is 2.32. The summed E-state index contributed by atoms with van der Waals surface area (Å²) in [4.78, 5) is 9.97. The van der Waals surface area contributed by atoms with Crippen molar-refractivity contribution in [3.63, 3.8) is 0 Å². The molecule has 2 unspecified atom stereocenters. The Hall–Kier alpha value is -0.0800. The molecule has 1 aliphatic heterocycles.